The van der Waals surface area contributed by atoms with Crippen molar-refractivity contribution in [2.75, 3.05) is 0 Å². The van der Waals surface area contributed by atoms with Gasteiger partial charge in [0, 0.05) is 19.0 Å². The quantitative estimate of drug-likeness (QED) is 0.939. The van der Waals surface area contributed by atoms with Crippen LogP contribution in [0.15, 0.2) is 18.2 Å². The fourth-order valence-corrected chi connectivity index (χ4v) is 2.52. The molecule has 0 saturated heterocycles. The van der Waals surface area contributed by atoms with Crippen molar-refractivity contribution in [3.05, 3.63) is 51.6 Å². The number of halogens is 2. The molecule has 0 aliphatic carbocycles. The number of aliphatic hydroxyl groups excluding tert-OH is 1. The standard InChI is InChI=1S/C14H16ClFN2O/c1-8-6-11(16)5-4-10(8)7-12(19)13-9(2)17-18(3)14(13)15/h4-6,12,19H,7H2,1-3H3. The predicted octanol–water partition coefficient (Wildman–Crippen LogP) is 3.11. The summed E-state index contributed by atoms with van der Waals surface area (Å²) in [6.07, 6.45) is -0.358. The molecule has 1 aromatic carbocycles. The molecule has 1 unspecified atom stereocenters. The summed E-state index contributed by atoms with van der Waals surface area (Å²) in [5.41, 5.74) is 3.05. The van der Waals surface area contributed by atoms with Gasteiger partial charge in [0.05, 0.1) is 11.8 Å². The monoisotopic (exact) mass is 282 g/mol. The van der Waals surface area contributed by atoms with Crippen molar-refractivity contribution >= 4 is 11.6 Å². The Morgan fingerprint density at radius 2 is 2.11 bits per heavy atom. The Bertz CT molecular complexity index is 610. The first kappa shape index (κ1) is 14.0. The number of rotatable bonds is 3. The summed E-state index contributed by atoms with van der Waals surface area (Å²) >= 11 is 6.12. The first-order valence-corrected chi connectivity index (χ1v) is 6.40. The van der Waals surface area contributed by atoms with Gasteiger partial charge in [-0.1, -0.05) is 17.7 Å². The van der Waals surface area contributed by atoms with Gasteiger partial charge in [-0.3, -0.25) is 4.68 Å². The van der Waals surface area contributed by atoms with Gasteiger partial charge in [-0.2, -0.15) is 5.10 Å². The molecule has 2 aromatic rings. The van der Waals surface area contributed by atoms with Gasteiger partial charge in [-0.15, -0.1) is 0 Å². The van der Waals surface area contributed by atoms with Crippen LogP contribution >= 0.6 is 11.6 Å². The molecule has 0 bridgehead atoms. The number of hydrogen-bond acceptors (Lipinski definition) is 2. The minimum atomic E-state index is -0.745. The van der Waals surface area contributed by atoms with E-state index in [1.165, 1.54) is 16.8 Å². The average Bonchev–Trinajstić information content (AvgIpc) is 2.57. The largest absolute Gasteiger partial charge is 0.388 e. The minimum absolute atomic E-state index is 0.272. The van der Waals surface area contributed by atoms with E-state index in [9.17, 15) is 9.50 Å². The Morgan fingerprint density at radius 1 is 1.42 bits per heavy atom. The highest BCUT2D eigenvalue weighted by atomic mass is 35.5. The lowest BCUT2D eigenvalue weighted by atomic mass is 9.98. The van der Waals surface area contributed by atoms with E-state index in [0.29, 0.717) is 22.8 Å². The van der Waals surface area contributed by atoms with Gasteiger partial charge in [0.15, 0.2) is 0 Å². The summed E-state index contributed by atoms with van der Waals surface area (Å²) in [6.45, 7) is 3.63. The first-order chi connectivity index (χ1) is 8.90. The van der Waals surface area contributed by atoms with E-state index in [4.69, 9.17) is 11.6 Å². The van der Waals surface area contributed by atoms with Crippen molar-refractivity contribution in [1.82, 2.24) is 9.78 Å². The molecule has 0 saturated carbocycles. The Balaban J connectivity index is 2.28. The molecule has 0 spiro atoms. The highest BCUT2D eigenvalue weighted by molar-refractivity contribution is 6.30. The summed E-state index contributed by atoms with van der Waals surface area (Å²) < 4.78 is 14.6. The van der Waals surface area contributed by atoms with Crippen molar-refractivity contribution in [2.45, 2.75) is 26.4 Å². The maximum atomic E-state index is 13.0. The molecule has 0 radical (unpaired) electrons. The molecule has 5 heteroatoms. The number of hydrogen-bond donors (Lipinski definition) is 1. The molecule has 19 heavy (non-hydrogen) atoms. The van der Waals surface area contributed by atoms with Gasteiger partial charge in [0.1, 0.15) is 11.0 Å². The second-order valence-corrected chi connectivity index (χ2v) is 5.06. The van der Waals surface area contributed by atoms with Crippen molar-refractivity contribution < 1.29 is 9.50 Å². The van der Waals surface area contributed by atoms with Crippen LogP contribution in [-0.2, 0) is 13.5 Å². The lowest BCUT2D eigenvalue weighted by Gasteiger charge is -2.13. The Hall–Kier alpha value is -1.39. The van der Waals surface area contributed by atoms with Gasteiger partial charge in [-0.25, -0.2) is 4.39 Å². The van der Waals surface area contributed by atoms with Crippen LogP contribution in [0.2, 0.25) is 5.15 Å². The Labute approximate surface area is 116 Å². The summed E-state index contributed by atoms with van der Waals surface area (Å²) in [5.74, 6) is -0.272. The molecule has 1 aromatic heterocycles. The van der Waals surface area contributed by atoms with Crippen LogP contribution in [0.25, 0.3) is 0 Å². The van der Waals surface area contributed by atoms with Crippen molar-refractivity contribution in [3.8, 4) is 0 Å². The Kier molecular flexibility index (Phi) is 3.92. The fraction of sp³-hybridized carbons (Fsp3) is 0.357. The zero-order valence-electron chi connectivity index (χ0n) is 11.1. The lowest BCUT2D eigenvalue weighted by Crippen LogP contribution is -2.05. The molecule has 0 amide bonds. The predicted molar refractivity (Wildman–Crippen MR) is 72.8 cm³/mol. The van der Waals surface area contributed by atoms with Crippen LogP contribution in [0.5, 0.6) is 0 Å². The van der Waals surface area contributed by atoms with Crippen molar-refractivity contribution in [3.63, 3.8) is 0 Å². The van der Waals surface area contributed by atoms with E-state index in [-0.39, 0.29) is 5.82 Å². The van der Waals surface area contributed by atoms with Gasteiger partial charge in [0.2, 0.25) is 0 Å². The summed E-state index contributed by atoms with van der Waals surface area (Å²) in [6, 6.07) is 4.54. The lowest BCUT2D eigenvalue weighted by molar-refractivity contribution is 0.177. The molecule has 1 N–H and O–H groups in total. The van der Waals surface area contributed by atoms with E-state index in [0.717, 1.165) is 11.1 Å². The van der Waals surface area contributed by atoms with E-state index in [1.54, 1.807) is 13.1 Å². The molecule has 3 nitrogen and oxygen atoms in total. The smallest absolute Gasteiger partial charge is 0.132 e. The molecular weight excluding hydrogens is 267 g/mol. The van der Waals surface area contributed by atoms with Crippen LogP contribution in [0.4, 0.5) is 4.39 Å². The summed E-state index contributed by atoms with van der Waals surface area (Å²) in [4.78, 5) is 0. The molecule has 0 aliphatic rings. The van der Waals surface area contributed by atoms with Crippen LogP contribution < -0.4 is 0 Å². The Morgan fingerprint density at radius 3 is 2.63 bits per heavy atom. The van der Waals surface area contributed by atoms with E-state index >= 15 is 0 Å². The van der Waals surface area contributed by atoms with E-state index in [1.807, 2.05) is 13.8 Å². The molecule has 1 heterocycles. The first-order valence-electron chi connectivity index (χ1n) is 6.02. The summed E-state index contributed by atoms with van der Waals surface area (Å²) in [7, 11) is 1.73. The number of nitrogens with zero attached hydrogens (tertiary/aromatic N) is 2. The fourth-order valence-electron chi connectivity index (χ4n) is 2.22. The highest BCUT2D eigenvalue weighted by Gasteiger charge is 2.20. The maximum absolute atomic E-state index is 13.0. The van der Waals surface area contributed by atoms with Gasteiger partial charge >= 0.3 is 0 Å². The summed E-state index contributed by atoms with van der Waals surface area (Å²) in [5, 5.41) is 14.9. The molecule has 2 rings (SSSR count). The molecular formula is C14H16ClFN2O. The average molecular weight is 283 g/mol. The zero-order valence-corrected chi connectivity index (χ0v) is 11.9. The zero-order chi connectivity index (χ0) is 14.2. The second kappa shape index (κ2) is 5.31. The van der Waals surface area contributed by atoms with E-state index in [2.05, 4.69) is 5.10 Å². The number of aliphatic hydroxyl groups is 1. The van der Waals surface area contributed by atoms with Crippen LogP contribution in [-0.4, -0.2) is 14.9 Å². The second-order valence-electron chi connectivity index (χ2n) is 4.70. The molecule has 0 aliphatic heterocycles. The van der Waals surface area contributed by atoms with Gasteiger partial charge < -0.3 is 5.11 Å². The number of aromatic nitrogens is 2. The van der Waals surface area contributed by atoms with Crippen LogP contribution in [0.3, 0.4) is 0 Å². The maximum Gasteiger partial charge on any atom is 0.132 e. The topological polar surface area (TPSA) is 38.1 Å². The number of benzene rings is 1. The van der Waals surface area contributed by atoms with Gasteiger partial charge in [-0.05, 0) is 37.1 Å². The van der Waals surface area contributed by atoms with Gasteiger partial charge in [0.25, 0.3) is 0 Å². The molecule has 0 fully saturated rings. The molecule has 1 atom stereocenters. The molecule has 102 valence electrons. The van der Waals surface area contributed by atoms with E-state index < -0.39 is 6.10 Å². The van der Waals surface area contributed by atoms with Crippen molar-refractivity contribution in [1.29, 1.82) is 0 Å². The normalized spacial score (nSPS) is 12.7. The third-order valence-corrected chi connectivity index (χ3v) is 3.70. The third kappa shape index (κ3) is 2.80. The van der Waals surface area contributed by atoms with Crippen LogP contribution in [0, 0.1) is 19.7 Å². The van der Waals surface area contributed by atoms with Crippen LogP contribution in [0.1, 0.15) is 28.5 Å². The number of aryl methyl sites for hydroxylation is 3. The SMILES string of the molecule is Cc1cc(F)ccc1CC(O)c1c(C)nn(C)c1Cl. The third-order valence-electron chi connectivity index (χ3n) is 3.25. The minimum Gasteiger partial charge on any atom is -0.388 e. The van der Waals surface area contributed by atoms with Crippen molar-refractivity contribution in [2.24, 2.45) is 7.05 Å². The highest BCUT2D eigenvalue weighted by Crippen LogP contribution is 2.29.